The average molecular weight is 457 g/mol. The number of thioether (sulfide) groups is 1. The molecule has 166 valence electrons. The van der Waals surface area contributed by atoms with Gasteiger partial charge in [-0.1, -0.05) is 30.6 Å². The number of benzene rings is 1. The third-order valence-corrected chi connectivity index (χ3v) is 8.73. The summed E-state index contributed by atoms with van der Waals surface area (Å²) in [5.74, 6) is 3.67. The van der Waals surface area contributed by atoms with Gasteiger partial charge in [0.2, 0.25) is 0 Å². The monoisotopic (exact) mass is 456 g/mol. The van der Waals surface area contributed by atoms with E-state index in [2.05, 4.69) is 42.7 Å². The van der Waals surface area contributed by atoms with Crippen LogP contribution in [0.15, 0.2) is 28.5 Å². The van der Waals surface area contributed by atoms with Crippen LogP contribution in [0.1, 0.15) is 49.1 Å². The van der Waals surface area contributed by atoms with Crippen molar-refractivity contribution in [3.05, 3.63) is 41.2 Å². The second kappa shape index (κ2) is 9.70. The molecule has 0 unspecified atom stereocenters. The second-order valence-corrected chi connectivity index (χ2v) is 10.7. The Morgan fingerprint density at radius 1 is 1.00 bits per heavy atom. The number of aromatic nitrogens is 2. The van der Waals surface area contributed by atoms with E-state index in [1.165, 1.54) is 47.7 Å². The van der Waals surface area contributed by atoms with Gasteiger partial charge < -0.3 is 9.47 Å². The van der Waals surface area contributed by atoms with Crippen molar-refractivity contribution in [1.82, 2.24) is 9.55 Å². The van der Waals surface area contributed by atoms with Gasteiger partial charge in [0.1, 0.15) is 17.2 Å². The predicted octanol–water partition coefficient (Wildman–Crippen LogP) is 7.22. The van der Waals surface area contributed by atoms with Crippen molar-refractivity contribution >= 4 is 23.1 Å². The Labute approximate surface area is 194 Å². The molecule has 0 bridgehead atoms. The topological polar surface area (TPSA) is 36.3 Å². The molecule has 1 saturated carbocycles. The molecule has 0 radical (unpaired) electrons. The van der Waals surface area contributed by atoms with Crippen LogP contribution in [0.3, 0.4) is 0 Å². The molecule has 1 aliphatic carbocycles. The number of methoxy groups -OCH3 is 2. The number of nitrogens with zero attached hydrogens (tertiary/aromatic N) is 2. The molecule has 0 amide bonds. The Morgan fingerprint density at radius 3 is 2.32 bits per heavy atom. The van der Waals surface area contributed by atoms with Crippen molar-refractivity contribution in [1.29, 1.82) is 0 Å². The molecule has 2 heterocycles. The molecule has 1 aliphatic rings. The normalized spacial score (nSPS) is 14.7. The van der Waals surface area contributed by atoms with Gasteiger partial charge in [-0.25, -0.2) is 4.98 Å². The zero-order valence-corrected chi connectivity index (χ0v) is 20.8. The summed E-state index contributed by atoms with van der Waals surface area (Å²) in [5, 5.41) is 1.02. The second-order valence-electron chi connectivity index (χ2n) is 8.42. The first kappa shape index (κ1) is 22.3. The van der Waals surface area contributed by atoms with Crippen LogP contribution >= 0.6 is 23.1 Å². The van der Waals surface area contributed by atoms with Crippen LogP contribution in [0.5, 0.6) is 11.5 Å². The van der Waals surface area contributed by atoms with E-state index < -0.39 is 0 Å². The standard InChI is InChI=1S/C25H32N2O2S2/c1-16-13-22(29-5)20(14-21(16)28-4)23-24(30-15-19-9-7-6-8-10-19)31-25(26-23)27-17(2)11-12-18(27)3/h11-14,19H,6-10,15H2,1-5H3. The van der Waals surface area contributed by atoms with Gasteiger partial charge in [0.15, 0.2) is 5.13 Å². The van der Waals surface area contributed by atoms with Gasteiger partial charge in [0.25, 0.3) is 0 Å². The Kier molecular flexibility index (Phi) is 6.97. The zero-order chi connectivity index (χ0) is 22.0. The van der Waals surface area contributed by atoms with Crippen LogP contribution in [0, 0.1) is 26.7 Å². The minimum Gasteiger partial charge on any atom is -0.496 e. The van der Waals surface area contributed by atoms with Gasteiger partial charge in [-0.05, 0) is 69.4 Å². The molecular weight excluding hydrogens is 424 g/mol. The van der Waals surface area contributed by atoms with Crippen LogP contribution in [0.2, 0.25) is 0 Å². The SMILES string of the molecule is COc1cc(-c2nc(-n3c(C)ccc3C)sc2SCC2CCCCC2)c(OC)cc1C. The van der Waals surface area contributed by atoms with Crippen molar-refractivity contribution in [3.8, 4) is 27.9 Å². The lowest BCUT2D eigenvalue weighted by Crippen LogP contribution is -2.08. The molecule has 6 heteroatoms. The average Bonchev–Trinajstić information content (AvgIpc) is 3.34. The number of hydrogen-bond acceptors (Lipinski definition) is 5. The summed E-state index contributed by atoms with van der Waals surface area (Å²) in [5.41, 5.74) is 5.47. The molecule has 31 heavy (non-hydrogen) atoms. The summed E-state index contributed by atoms with van der Waals surface area (Å²) >= 11 is 3.75. The maximum absolute atomic E-state index is 5.77. The van der Waals surface area contributed by atoms with Crippen molar-refractivity contribution in [2.75, 3.05) is 20.0 Å². The number of rotatable bonds is 7. The van der Waals surface area contributed by atoms with Crippen molar-refractivity contribution in [2.45, 2.75) is 57.1 Å². The predicted molar refractivity (Wildman–Crippen MR) is 131 cm³/mol. The first-order valence-corrected chi connectivity index (χ1v) is 12.8. The highest BCUT2D eigenvalue weighted by atomic mass is 32.2. The Morgan fingerprint density at radius 2 is 1.68 bits per heavy atom. The Hall–Kier alpha value is -1.92. The molecule has 1 aromatic carbocycles. The molecule has 0 saturated heterocycles. The zero-order valence-electron chi connectivity index (χ0n) is 19.2. The molecule has 4 rings (SSSR count). The summed E-state index contributed by atoms with van der Waals surface area (Å²) in [4.78, 5) is 5.15. The van der Waals surface area contributed by atoms with Crippen LogP contribution in [0.25, 0.3) is 16.4 Å². The lowest BCUT2D eigenvalue weighted by Gasteiger charge is -2.20. The van der Waals surface area contributed by atoms with Gasteiger partial charge >= 0.3 is 0 Å². The summed E-state index contributed by atoms with van der Waals surface area (Å²) in [6.45, 7) is 6.32. The largest absolute Gasteiger partial charge is 0.496 e. The van der Waals surface area contributed by atoms with E-state index in [1.54, 1.807) is 25.6 Å². The summed E-state index contributed by atoms with van der Waals surface area (Å²) in [6, 6.07) is 8.43. The van der Waals surface area contributed by atoms with Crippen LogP contribution in [-0.2, 0) is 0 Å². The van der Waals surface area contributed by atoms with E-state index in [-0.39, 0.29) is 0 Å². The lowest BCUT2D eigenvalue weighted by molar-refractivity contribution is 0.391. The van der Waals surface area contributed by atoms with Crippen molar-refractivity contribution in [3.63, 3.8) is 0 Å². The quantitative estimate of drug-likeness (QED) is 0.352. The minimum absolute atomic E-state index is 0.807. The van der Waals surface area contributed by atoms with Gasteiger partial charge in [-0.2, -0.15) is 0 Å². The fourth-order valence-corrected chi connectivity index (χ4v) is 7.02. The molecule has 0 spiro atoms. The van der Waals surface area contributed by atoms with E-state index in [9.17, 15) is 0 Å². The molecule has 0 aliphatic heterocycles. The van der Waals surface area contributed by atoms with E-state index in [0.717, 1.165) is 45.1 Å². The van der Waals surface area contributed by atoms with E-state index in [4.69, 9.17) is 14.5 Å². The number of ether oxygens (including phenoxy) is 2. The number of aryl methyl sites for hydroxylation is 3. The molecule has 2 aromatic heterocycles. The Balaban J connectivity index is 1.78. The molecule has 0 atom stereocenters. The van der Waals surface area contributed by atoms with E-state index in [0.29, 0.717) is 0 Å². The Bertz CT molecular complexity index is 1030. The maximum Gasteiger partial charge on any atom is 0.195 e. The summed E-state index contributed by atoms with van der Waals surface area (Å²) < 4.78 is 14.9. The summed E-state index contributed by atoms with van der Waals surface area (Å²) in [6.07, 6.45) is 6.84. The molecule has 4 nitrogen and oxygen atoms in total. The molecular formula is C25H32N2O2S2. The number of thiazole rings is 1. The van der Waals surface area contributed by atoms with Gasteiger partial charge in [0.05, 0.1) is 18.4 Å². The maximum atomic E-state index is 5.77. The fraction of sp³-hybridized carbons (Fsp3) is 0.480. The molecule has 1 fully saturated rings. The minimum atomic E-state index is 0.807. The van der Waals surface area contributed by atoms with E-state index in [1.807, 2.05) is 18.7 Å². The highest BCUT2D eigenvalue weighted by molar-refractivity contribution is 8.01. The van der Waals surface area contributed by atoms with Gasteiger partial charge in [0, 0.05) is 22.7 Å². The van der Waals surface area contributed by atoms with Crippen LogP contribution in [0.4, 0.5) is 0 Å². The molecule has 3 aromatic rings. The highest BCUT2D eigenvalue weighted by Gasteiger charge is 2.22. The third kappa shape index (κ3) is 4.65. The first-order chi connectivity index (χ1) is 15.0. The molecule has 0 N–H and O–H groups in total. The summed E-state index contributed by atoms with van der Waals surface area (Å²) in [7, 11) is 3.45. The fourth-order valence-electron chi connectivity index (χ4n) is 4.41. The van der Waals surface area contributed by atoms with Crippen molar-refractivity contribution < 1.29 is 9.47 Å². The smallest absolute Gasteiger partial charge is 0.195 e. The lowest BCUT2D eigenvalue weighted by atomic mass is 9.91. The highest BCUT2D eigenvalue weighted by Crippen LogP contribution is 2.45. The third-order valence-electron chi connectivity index (χ3n) is 6.19. The van der Waals surface area contributed by atoms with Crippen molar-refractivity contribution in [2.24, 2.45) is 5.92 Å². The van der Waals surface area contributed by atoms with Gasteiger partial charge in [-0.15, -0.1) is 11.8 Å². The van der Waals surface area contributed by atoms with Crippen LogP contribution < -0.4 is 9.47 Å². The van der Waals surface area contributed by atoms with E-state index >= 15 is 0 Å². The first-order valence-electron chi connectivity index (χ1n) is 11.0. The van der Waals surface area contributed by atoms with Gasteiger partial charge in [-0.3, -0.25) is 4.57 Å². The van der Waals surface area contributed by atoms with Crippen LogP contribution in [-0.4, -0.2) is 29.5 Å². The number of hydrogen-bond donors (Lipinski definition) is 0.